The number of piperazine rings is 1. The smallest absolute Gasteiger partial charge is 0.332 e. The van der Waals surface area contributed by atoms with Gasteiger partial charge in [0.15, 0.2) is 0 Å². The van der Waals surface area contributed by atoms with Crippen molar-refractivity contribution < 1.29 is 4.79 Å². The van der Waals surface area contributed by atoms with Crippen molar-refractivity contribution in [3.63, 3.8) is 0 Å². The zero-order valence-electron chi connectivity index (χ0n) is 6.71. The second-order valence-corrected chi connectivity index (χ2v) is 2.52. The number of nitrogens with zero attached hydrogens (tertiary/aromatic N) is 1. The van der Waals surface area contributed by atoms with Crippen molar-refractivity contribution in [2.75, 3.05) is 19.6 Å². The quantitative estimate of drug-likeness (QED) is 0.292. The molecule has 0 radical (unpaired) electrons. The summed E-state index contributed by atoms with van der Waals surface area (Å²) >= 11 is 0. The van der Waals surface area contributed by atoms with Crippen LogP contribution in [0.2, 0.25) is 0 Å². The SMILES string of the molecule is NC(=O)NN=CC1CNCCN1. The van der Waals surface area contributed by atoms with Gasteiger partial charge < -0.3 is 16.4 Å². The third-order valence-corrected chi connectivity index (χ3v) is 1.50. The first-order valence-corrected chi connectivity index (χ1v) is 3.82. The van der Waals surface area contributed by atoms with Gasteiger partial charge in [-0.1, -0.05) is 0 Å². The number of rotatable bonds is 2. The van der Waals surface area contributed by atoms with Crippen molar-refractivity contribution in [2.24, 2.45) is 10.8 Å². The Morgan fingerprint density at radius 3 is 3.08 bits per heavy atom. The minimum Gasteiger partial charge on any atom is -0.350 e. The summed E-state index contributed by atoms with van der Waals surface area (Å²) in [7, 11) is 0. The Hall–Kier alpha value is -1.14. The molecule has 1 saturated heterocycles. The van der Waals surface area contributed by atoms with Crippen LogP contribution in [0.4, 0.5) is 4.79 Å². The van der Waals surface area contributed by atoms with Crippen LogP contribution in [-0.4, -0.2) is 37.9 Å². The van der Waals surface area contributed by atoms with Gasteiger partial charge in [-0.15, -0.1) is 0 Å². The van der Waals surface area contributed by atoms with E-state index in [9.17, 15) is 4.79 Å². The zero-order chi connectivity index (χ0) is 8.81. The molecule has 1 unspecified atom stereocenters. The van der Waals surface area contributed by atoms with Crippen LogP contribution >= 0.6 is 0 Å². The maximum absolute atomic E-state index is 10.2. The average molecular weight is 171 g/mol. The predicted molar refractivity (Wildman–Crippen MR) is 45.9 cm³/mol. The minimum absolute atomic E-state index is 0.172. The number of hydrazone groups is 1. The summed E-state index contributed by atoms with van der Waals surface area (Å²) in [6.45, 7) is 2.70. The van der Waals surface area contributed by atoms with E-state index in [1.54, 1.807) is 6.21 Å². The Kier molecular flexibility index (Phi) is 3.49. The highest BCUT2D eigenvalue weighted by Gasteiger charge is 2.08. The fourth-order valence-electron chi connectivity index (χ4n) is 0.972. The predicted octanol–water partition coefficient (Wildman–Crippen LogP) is -1.80. The van der Waals surface area contributed by atoms with Crippen LogP contribution in [0, 0.1) is 0 Å². The number of nitrogens with one attached hydrogen (secondary N) is 3. The molecule has 68 valence electrons. The second kappa shape index (κ2) is 4.68. The molecule has 0 bridgehead atoms. The van der Waals surface area contributed by atoms with E-state index >= 15 is 0 Å². The second-order valence-electron chi connectivity index (χ2n) is 2.52. The van der Waals surface area contributed by atoms with E-state index in [0.717, 1.165) is 19.6 Å². The van der Waals surface area contributed by atoms with Crippen LogP contribution in [0.5, 0.6) is 0 Å². The largest absolute Gasteiger partial charge is 0.350 e. The third-order valence-electron chi connectivity index (χ3n) is 1.50. The molecule has 1 aliphatic rings. The molecule has 0 saturated carbocycles. The molecule has 5 N–H and O–H groups in total. The molecule has 1 fully saturated rings. The summed E-state index contributed by atoms with van der Waals surface area (Å²) < 4.78 is 0. The fraction of sp³-hybridized carbons (Fsp3) is 0.667. The summed E-state index contributed by atoms with van der Waals surface area (Å²) in [5.74, 6) is 0. The normalized spacial score (nSPS) is 24.2. The number of carbonyl (C=O) groups excluding carboxylic acids is 1. The van der Waals surface area contributed by atoms with Crippen LogP contribution in [0.1, 0.15) is 0 Å². The molecular weight excluding hydrogens is 158 g/mol. The summed E-state index contributed by atoms with van der Waals surface area (Å²) in [5.41, 5.74) is 6.94. The number of nitrogens with two attached hydrogens (primary N) is 1. The molecule has 12 heavy (non-hydrogen) atoms. The first kappa shape index (κ1) is 8.95. The Labute approximate surface area is 70.6 Å². The van der Waals surface area contributed by atoms with E-state index in [1.807, 2.05) is 0 Å². The van der Waals surface area contributed by atoms with Gasteiger partial charge in [0.1, 0.15) is 0 Å². The molecule has 0 aromatic rings. The van der Waals surface area contributed by atoms with Crippen molar-refractivity contribution in [3.8, 4) is 0 Å². The molecule has 6 heteroatoms. The van der Waals surface area contributed by atoms with E-state index < -0.39 is 6.03 Å². The monoisotopic (exact) mass is 171 g/mol. The topological polar surface area (TPSA) is 91.5 Å². The number of amides is 2. The molecule has 0 aromatic carbocycles. The van der Waals surface area contributed by atoms with Crippen molar-refractivity contribution in [1.82, 2.24) is 16.1 Å². The Balaban J connectivity index is 2.19. The maximum atomic E-state index is 10.2. The lowest BCUT2D eigenvalue weighted by Crippen LogP contribution is -2.49. The van der Waals surface area contributed by atoms with Gasteiger partial charge >= 0.3 is 6.03 Å². The van der Waals surface area contributed by atoms with Gasteiger partial charge in [0, 0.05) is 25.8 Å². The molecule has 0 aromatic heterocycles. The standard InChI is InChI=1S/C6H13N5O/c7-6(12)11-10-4-5-3-8-1-2-9-5/h4-5,8-9H,1-3H2,(H3,7,11,12). The van der Waals surface area contributed by atoms with E-state index in [4.69, 9.17) is 5.73 Å². The summed E-state index contributed by atoms with van der Waals surface area (Å²) in [4.78, 5) is 10.2. The zero-order valence-corrected chi connectivity index (χ0v) is 6.71. The lowest BCUT2D eigenvalue weighted by molar-refractivity contribution is 0.249. The fourth-order valence-corrected chi connectivity index (χ4v) is 0.972. The van der Waals surface area contributed by atoms with E-state index in [-0.39, 0.29) is 6.04 Å². The number of hydrogen-bond donors (Lipinski definition) is 4. The number of urea groups is 1. The van der Waals surface area contributed by atoms with E-state index in [2.05, 4.69) is 21.2 Å². The summed E-state index contributed by atoms with van der Waals surface area (Å²) in [5, 5.41) is 10.0. The molecule has 2 amide bonds. The first-order valence-electron chi connectivity index (χ1n) is 3.82. The highest BCUT2D eigenvalue weighted by atomic mass is 16.2. The third kappa shape index (κ3) is 3.31. The van der Waals surface area contributed by atoms with Crippen LogP contribution in [-0.2, 0) is 0 Å². The molecule has 1 aliphatic heterocycles. The lowest BCUT2D eigenvalue weighted by atomic mass is 10.2. The van der Waals surface area contributed by atoms with E-state index in [0.29, 0.717) is 0 Å². The highest BCUT2D eigenvalue weighted by Crippen LogP contribution is 1.81. The van der Waals surface area contributed by atoms with Gasteiger partial charge in [-0.25, -0.2) is 10.2 Å². The number of hydrogen-bond acceptors (Lipinski definition) is 4. The number of primary amides is 1. The molecule has 0 spiro atoms. The average Bonchev–Trinajstić information content (AvgIpc) is 2.05. The lowest BCUT2D eigenvalue weighted by Gasteiger charge is -2.20. The van der Waals surface area contributed by atoms with E-state index in [1.165, 1.54) is 0 Å². The Morgan fingerprint density at radius 2 is 2.50 bits per heavy atom. The van der Waals surface area contributed by atoms with Gasteiger partial charge in [0.25, 0.3) is 0 Å². The van der Waals surface area contributed by atoms with Crippen molar-refractivity contribution >= 4 is 12.2 Å². The van der Waals surface area contributed by atoms with Crippen LogP contribution in [0.15, 0.2) is 5.10 Å². The molecular formula is C6H13N5O. The summed E-state index contributed by atoms with van der Waals surface area (Å²) in [6.07, 6.45) is 1.62. The van der Waals surface area contributed by atoms with Gasteiger partial charge in [0.05, 0.1) is 6.04 Å². The minimum atomic E-state index is -0.644. The van der Waals surface area contributed by atoms with Crippen LogP contribution in [0.25, 0.3) is 0 Å². The van der Waals surface area contributed by atoms with Gasteiger partial charge in [-0.3, -0.25) is 0 Å². The van der Waals surface area contributed by atoms with Crippen LogP contribution < -0.4 is 21.8 Å². The van der Waals surface area contributed by atoms with Gasteiger partial charge in [-0.2, -0.15) is 5.10 Å². The maximum Gasteiger partial charge on any atom is 0.332 e. The highest BCUT2D eigenvalue weighted by molar-refractivity contribution is 5.73. The van der Waals surface area contributed by atoms with Gasteiger partial charge in [-0.05, 0) is 0 Å². The van der Waals surface area contributed by atoms with Crippen molar-refractivity contribution in [3.05, 3.63) is 0 Å². The molecule has 0 aliphatic carbocycles. The summed E-state index contributed by atoms with van der Waals surface area (Å²) in [6, 6.07) is -0.472. The molecule has 1 atom stereocenters. The Bertz CT molecular complexity index is 175. The molecule has 1 heterocycles. The molecule has 1 rings (SSSR count). The van der Waals surface area contributed by atoms with Gasteiger partial charge in [0.2, 0.25) is 0 Å². The van der Waals surface area contributed by atoms with Crippen molar-refractivity contribution in [2.45, 2.75) is 6.04 Å². The number of carbonyl (C=O) groups is 1. The Morgan fingerprint density at radius 1 is 1.67 bits per heavy atom. The molecule has 6 nitrogen and oxygen atoms in total. The van der Waals surface area contributed by atoms with Crippen LogP contribution in [0.3, 0.4) is 0 Å². The van der Waals surface area contributed by atoms with Crippen molar-refractivity contribution in [1.29, 1.82) is 0 Å². The first-order chi connectivity index (χ1) is 5.79.